The van der Waals surface area contributed by atoms with Crippen LogP contribution in [0.25, 0.3) is 0 Å². The molecule has 2 aromatic carbocycles. The van der Waals surface area contributed by atoms with E-state index in [1.807, 2.05) is 6.07 Å². The molecule has 0 radical (unpaired) electrons. The van der Waals surface area contributed by atoms with Gasteiger partial charge in [0.25, 0.3) is 0 Å². The molecule has 0 atom stereocenters. The summed E-state index contributed by atoms with van der Waals surface area (Å²) in [6.07, 6.45) is 0.746. The van der Waals surface area contributed by atoms with E-state index in [9.17, 15) is 4.39 Å². The summed E-state index contributed by atoms with van der Waals surface area (Å²) in [7, 11) is 0. The number of halogens is 1. The van der Waals surface area contributed by atoms with Gasteiger partial charge >= 0.3 is 0 Å². The Labute approximate surface area is 173 Å². The first-order chi connectivity index (χ1) is 14.2. The van der Waals surface area contributed by atoms with E-state index in [0.717, 1.165) is 57.3 Å². The van der Waals surface area contributed by atoms with Gasteiger partial charge in [-0.2, -0.15) is 0 Å². The fourth-order valence-electron chi connectivity index (χ4n) is 3.39. The SMILES string of the molecule is CCNC(=NCc1ccccc1CN1CCOCC1)NCCc1cccc(F)c1. The number of benzene rings is 2. The first-order valence-corrected chi connectivity index (χ1v) is 10.4. The molecule has 5 nitrogen and oxygen atoms in total. The van der Waals surface area contributed by atoms with E-state index < -0.39 is 0 Å². The minimum atomic E-state index is -0.194. The Morgan fingerprint density at radius 1 is 1.07 bits per heavy atom. The first-order valence-electron chi connectivity index (χ1n) is 10.4. The number of aliphatic imine (C=N–C) groups is 1. The predicted octanol–water partition coefficient (Wildman–Crippen LogP) is 2.96. The Morgan fingerprint density at radius 3 is 2.62 bits per heavy atom. The molecule has 29 heavy (non-hydrogen) atoms. The van der Waals surface area contributed by atoms with E-state index in [0.29, 0.717) is 13.1 Å². The Bertz CT molecular complexity index is 790. The number of morpholine rings is 1. The lowest BCUT2D eigenvalue weighted by Crippen LogP contribution is -2.38. The topological polar surface area (TPSA) is 48.9 Å². The van der Waals surface area contributed by atoms with Crippen molar-refractivity contribution >= 4 is 5.96 Å². The summed E-state index contributed by atoms with van der Waals surface area (Å²) in [6.45, 7) is 8.65. The molecule has 0 bridgehead atoms. The summed E-state index contributed by atoms with van der Waals surface area (Å²) in [4.78, 5) is 7.19. The standard InChI is InChI=1S/C23H31FN4O/c1-2-25-23(26-11-10-19-6-5-9-22(24)16-19)27-17-20-7-3-4-8-21(20)18-28-12-14-29-15-13-28/h3-9,16H,2,10-15,17-18H2,1H3,(H2,25,26,27). The van der Waals surface area contributed by atoms with Crippen LogP contribution in [0.5, 0.6) is 0 Å². The zero-order valence-electron chi connectivity index (χ0n) is 17.2. The van der Waals surface area contributed by atoms with E-state index in [2.05, 4.69) is 46.7 Å². The van der Waals surface area contributed by atoms with Gasteiger partial charge in [0.05, 0.1) is 19.8 Å². The molecule has 0 unspecified atom stereocenters. The number of rotatable bonds is 8. The number of ether oxygens (including phenoxy) is 1. The minimum absolute atomic E-state index is 0.194. The van der Waals surface area contributed by atoms with E-state index in [1.165, 1.54) is 17.2 Å². The maximum absolute atomic E-state index is 13.3. The zero-order valence-corrected chi connectivity index (χ0v) is 17.2. The number of nitrogens with one attached hydrogen (secondary N) is 2. The lowest BCUT2D eigenvalue weighted by Gasteiger charge is -2.27. The Kier molecular flexibility index (Phi) is 8.46. The van der Waals surface area contributed by atoms with E-state index in [1.54, 1.807) is 12.1 Å². The molecular formula is C23H31FN4O. The van der Waals surface area contributed by atoms with Gasteiger partial charge in [-0.25, -0.2) is 9.38 Å². The van der Waals surface area contributed by atoms with Crippen LogP contribution in [0.3, 0.4) is 0 Å². The molecule has 1 fully saturated rings. The number of nitrogens with zero attached hydrogens (tertiary/aromatic N) is 2. The van der Waals surface area contributed by atoms with Crippen molar-refractivity contribution in [2.45, 2.75) is 26.4 Å². The second kappa shape index (κ2) is 11.5. The second-order valence-electron chi connectivity index (χ2n) is 7.16. The van der Waals surface area contributed by atoms with Crippen molar-refractivity contribution < 1.29 is 9.13 Å². The third-order valence-corrected chi connectivity index (χ3v) is 4.96. The van der Waals surface area contributed by atoms with Crippen LogP contribution in [0.2, 0.25) is 0 Å². The maximum Gasteiger partial charge on any atom is 0.191 e. The molecule has 0 aliphatic carbocycles. The highest BCUT2D eigenvalue weighted by molar-refractivity contribution is 5.79. The largest absolute Gasteiger partial charge is 0.379 e. The Balaban J connectivity index is 1.57. The molecule has 1 heterocycles. The third kappa shape index (κ3) is 7.15. The smallest absolute Gasteiger partial charge is 0.191 e. The number of guanidine groups is 1. The monoisotopic (exact) mass is 398 g/mol. The third-order valence-electron chi connectivity index (χ3n) is 4.96. The van der Waals surface area contributed by atoms with Gasteiger partial charge < -0.3 is 15.4 Å². The molecule has 0 amide bonds. The average molecular weight is 399 g/mol. The fourth-order valence-corrected chi connectivity index (χ4v) is 3.39. The van der Waals surface area contributed by atoms with Crippen molar-refractivity contribution in [1.29, 1.82) is 0 Å². The molecule has 1 aliphatic rings. The average Bonchev–Trinajstić information content (AvgIpc) is 2.74. The van der Waals surface area contributed by atoms with Crippen molar-refractivity contribution in [3.05, 3.63) is 71.0 Å². The molecule has 6 heteroatoms. The van der Waals surface area contributed by atoms with Crippen LogP contribution in [0.1, 0.15) is 23.6 Å². The summed E-state index contributed by atoms with van der Waals surface area (Å²) >= 11 is 0. The van der Waals surface area contributed by atoms with Crippen molar-refractivity contribution in [2.75, 3.05) is 39.4 Å². The first kappa shape index (κ1) is 21.3. The predicted molar refractivity (Wildman–Crippen MR) is 115 cm³/mol. The zero-order chi connectivity index (χ0) is 20.3. The molecule has 0 spiro atoms. The van der Waals surface area contributed by atoms with Crippen LogP contribution in [0.15, 0.2) is 53.5 Å². The van der Waals surface area contributed by atoms with E-state index in [4.69, 9.17) is 9.73 Å². The summed E-state index contributed by atoms with van der Waals surface area (Å²) in [5.41, 5.74) is 3.53. The van der Waals surface area contributed by atoms with Gasteiger partial charge in [-0.3, -0.25) is 4.90 Å². The lowest BCUT2D eigenvalue weighted by molar-refractivity contribution is 0.0341. The van der Waals surface area contributed by atoms with Crippen LogP contribution in [0.4, 0.5) is 4.39 Å². The van der Waals surface area contributed by atoms with Crippen molar-refractivity contribution in [1.82, 2.24) is 15.5 Å². The number of hydrogen-bond donors (Lipinski definition) is 2. The molecule has 1 saturated heterocycles. The number of hydrogen-bond acceptors (Lipinski definition) is 3. The summed E-state index contributed by atoms with van der Waals surface area (Å²) in [6, 6.07) is 15.2. The van der Waals surface area contributed by atoms with Crippen molar-refractivity contribution in [2.24, 2.45) is 4.99 Å². The van der Waals surface area contributed by atoms with Crippen LogP contribution in [-0.4, -0.2) is 50.3 Å². The van der Waals surface area contributed by atoms with Crippen molar-refractivity contribution in [3.8, 4) is 0 Å². The quantitative estimate of drug-likeness (QED) is 0.530. The summed E-state index contributed by atoms with van der Waals surface area (Å²) in [5, 5.41) is 6.64. The van der Waals surface area contributed by atoms with Crippen LogP contribution >= 0.6 is 0 Å². The van der Waals surface area contributed by atoms with Gasteiger partial charge in [0.1, 0.15) is 5.82 Å². The molecule has 2 N–H and O–H groups in total. The molecule has 1 aliphatic heterocycles. The Hall–Kier alpha value is -2.44. The van der Waals surface area contributed by atoms with Crippen LogP contribution < -0.4 is 10.6 Å². The molecular weight excluding hydrogens is 367 g/mol. The van der Waals surface area contributed by atoms with Crippen molar-refractivity contribution in [3.63, 3.8) is 0 Å². The normalized spacial score (nSPS) is 15.3. The van der Waals surface area contributed by atoms with Gasteiger partial charge in [0.2, 0.25) is 0 Å². The molecule has 2 aromatic rings. The fraction of sp³-hybridized carbons (Fsp3) is 0.435. The molecule has 0 aromatic heterocycles. The Morgan fingerprint density at radius 2 is 1.86 bits per heavy atom. The van der Waals surface area contributed by atoms with E-state index >= 15 is 0 Å². The van der Waals surface area contributed by atoms with E-state index in [-0.39, 0.29) is 5.82 Å². The van der Waals surface area contributed by atoms with Gasteiger partial charge in [-0.15, -0.1) is 0 Å². The minimum Gasteiger partial charge on any atom is -0.379 e. The van der Waals surface area contributed by atoms with Gasteiger partial charge in [0, 0.05) is 32.7 Å². The highest BCUT2D eigenvalue weighted by atomic mass is 19.1. The summed E-state index contributed by atoms with van der Waals surface area (Å²) < 4.78 is 18.8. The lowest BCUT2D eigenvalue weighted by atomic mass is 10.1. The van der Waals surface area contributed by atoms with Gasteiger partial charge in [-0.1, -0.05) is 36.4 Å². The summed E-state index contributed by atoms with van der Waals surface area (Å²) in [5.74, 6) is 0.588. The highest BCUT2D eigenvalue weighted by Gasteiger charge is 2.12. The molecule has 3 rings (SSSR count). The molecule has 156 valence electrons. The second-order valence-corrected chi connectivity index (χ2v) is 7.16. The van der Waals surface area contributed by atoms with Gasteiger partial charge in [0.15, 0.2) is 5.96 Å². The van der Waals surface area contributed by atoms with Crippen LogP contribution in [0, 0.1) is 5.82 Å². The van der Waals surface area contributed by atoms with Crippen LogP contribution in [-0.2, 0) is 24.2 Å². The maximum atomic E-state index is 13.3. The van der Waals surface area contributed by atoms with Gasteiger partial charge in [-0.05, 0) is 42.2 Å². The molecule has 0 saturated carbocycles. The highest BCUT2D eigenvalue weighted by Crippen LogP contribution is 2.14.